The fourth-order valence-corrected chi connectivity index (χ4v) is 2.18. The lowest BCUT2D eigenvalue weighted by molar-refractivity contribution is -0.137. The largest absolute Gasteiger partial charge is 0.496 e. The normalized spacial score (nSPS) is 13.5. The van der Waals surface area contributed by atoms with Gasteiger partial charge in [0.05, 0.1) is 20.3 Å². The molecule has 0 spiro atoms. The second-order valence-corrected chi connectivity index (χ2v) is 4.12. The van der Waals surface area contributed by atoms with Gasteiger partial charge >= 0.3 is 5.97 Å². The SMILES string of the molecule is COc1ccc2c(c1CCCC(=O)O)COC2. The quantitative estimate of drug-likeness (QED) is 0.850. The number of hydrogen-bond acceptors (Lipinski definition) is 3. The molecule has 4 heteroatoms. The summed E-state index contributed by atoms with van der Waals surface area (Å²) in [7, 11) is 1.64. The molecule has 0 atom stereocenters. The Hall–Kier alpha value is -1.55. The maximum Gasteiger partial charge on any atom is 0.303 e. The minimum absolute atomic E-state index is 0.188. The smallest absolute Gasteiger partial charge is 0.303 e. The fraction of sp³-hybridized carbons (Fsp3) is 0.462. The lowest BCUT2D eigenvalue weighted by atomic mass is 9.98. The van der Waals surface area contributed by atoms with E-state index >= 15 is 0 Å². The first-order valence-electron chi connectivity index (χ1n) is 5.69. The molecule has 1 aliphatic rings. The second kappa shape index (κ2) is 5.19. The van der Waals surface area contributed by atoms with Crippen molar-refractivity contribution in [2.24, 2.45) is 0 Å². The maximum atomic E-state index is 10.5. The Bertz CT molecular complexity index is 426. The number of rotatable bonds is 5. The van der Waals surface area contributed by atoms with Crippen molar-refractivity contribution < 1.29 is 19.4 Å². The van der Waals surface area contributed by atoms with Crippen molar-refractivity contribution in [3.8, 4) is 5.75 Å². The van der Waals surface area contributed by atoms with Crippen LogP contribution < -0.4 is 4.74 Å². The highest BCUT2D eigenvalue weighted by Gasteiger charge is 2.18. The Morgan fingerprint density at radius 2 is 2.29 bits per heavy atom. The molecule has 0 unspecified atom stereocenters. The predicted molar refractivity (Wildman–Crippen MR) is 62.1 cm³/mol. The minimum Gasteiger partial charge on any atom is -0.496 e. The number of aliphatic carboxylic acids is 1. The summed E-state index contributed by atoms with van der Waals surface area (Å²) in [5.41, 5.74) is 3.47. The number of methoxy groups -OCH3 is 1. The first-order chi connectivity index (χ1) is 8.22. The van der Waals surface area contributed by atoms with Crippen molar-refractivity contribution in [1.29, 1.82) is 0 Å². The molecule has 0 saturated carbocycles. The van der Waals surface area contributed by atoms with E-state index in [4.69, 9.17) is 14.6 Å². The highest BCUT2D eigenvalue weighted by Crippen LogP contribution is 2.31. The van der Waals surface area contributed by atoms with Gasteiger partial charge in [-0.05, 0) is 35.6 Å². The number of carbonyl (C=O) groups is 1. The summed E-state index contributed by atoms with van der Waals surface area (Å²) >= 11 is 0. The summed E-state index contributed by atoms with van der Waals surface area (Å²) < 4.78 is 10.7. The van der Waals surface area contributed by atoms with Crippen LogP contribution in [0.5, 0.6) is 5.75 Å². The molecule has 17 heavy (non-hydrogen) atoms. The Morgan fingerprint density at radius 1 is 1.47 bits per heavy atom. The zero-order valence-corrected chi connectivity index (χ0v) is 9.86. The van der Waals surface area contributed by atoms with E-state index in [0.717, 1.165) is 17.7 Å². The Labute approximate surface area is 100 Å². The Kier molecular flexibility index (Phi) is 3.64. The summed E-state index contributed by atoms with van der Waals surface area (Å²) in [5, 5.41) is 8.66. The average Bonchev–Trinajstić information content (AvgIpc) is 2.77. The number of benzene rings is 1. The number of fused-ring (bicyclic) bond motifs is 1. The summed E-state index contributed by atoms with van der Waals surface area (Å²) in [5.74, 6) is 0.0763. The minimum atomic E-state index is -0.757. The number of carboxylic acid groups (broad SMARTS) is 1. The molecule has 1 heterocycles. The molecule has 92 valence electrons. The van der Waals surface area contributed by atoms with E-state index in [0.29, 0.717) is 19.6 Å². The van der Waals surface area contributed by atoms with E-state index in [1.165, 1.54) is 11.1 Å². The van der Waals surface area contributed by atoms with E-state index in [9.17, 15) is 4.79 Å². The predicted octanol–water partition coefficient (Wildman–Crippen LogP) is 2.13. The fourth-order valence-electron chi connectivity index (χ4n) is 2.18. The molecule has 2 rings (SSSR count). The van der Waals surface area contributed by atoms with Crippen LogP contribution in [0.3, 0.4) is 0 Å². The molecule has 1 aromatic rings. The van der Waals surface area contributed by atoms with Gasteiger partial charge in [0, 0.05) is 6.42 Å². The summed E-state index contributed by atoms with van der Waals surface area (Å²) in [6.45, 7) is 1.25. The van der Waals surface area contributed by atoms with Crippen LogP contribution in [0.25, 0.3) is 0 Å². The van der Waals surface area contributed by atoms with Crippen molar-refractivity contribution >= 4 is 5.97 Å². The molecule has 0 fully saturated rings. The zero-order chi connectivity index (χ0) is 12.3. The van der Waals surface area contributed by atoms with Crippen LogP contribution in [0.15, 0.2) is 12.1 Å². The highest BCUT2D eigenvalue weighted by molar-refractivity contribution is 5.66. The average molecular weight is 236 g/mol. The van der Waals surface area contributed by atoms with Crippen molar-refractivity contribution in [2.75, 3.05) is 7.11 Å². The van der Waals surface area contributed by atoms with Gasteiger partial charge in [-0.2, -0.15) is 0 Å². The monoisotopic (exact) mass is 236 g/mol. The van der Waals surface area contributed by atoms with E-state index in [1.807, 2.05) is 12.1 Å². The van der Waals surface area contributed by atoms with Gasteiger partial charge < -0.3 is 14.6 Å². The van der Waals surface area contributed by atoms with Crippen LogP contribution >= 0.6 is 0 Å². The van der Waals surface area contributed by atoms with Gasteiger partial charge in [0.1, 0.15) is 5.75 Å². The van der Waals surface area contributed by atoms with Gasteiger partial charge in [-0.1, -0.05) is 6.07 Å². The molecule has 1 aliphatic heterocycles. The Balaban J connectivity index is 2.18. The summed E-state index contributed by atoms with van der Waals surface area (Å²) in [6, 6.07) is 3.95. The molecule has 0 bridgehead atoms. The lowest BCUT2D eigenvalue weighted by Crippen LogP contribution is -2.01. The third-order valence-corrected chi connectivity index (χ3v) is 3.03. The lowest BCUT2D eigenvalue weighted by Gasteiger charge is -2.12. The van der Waals surface area contributed by atoms with Gasteiger partial charge in [0.2, 0.25) is 0 Å². The molecule has 0 amide bonds. The molecule has 4 nitrogen and oxygen atoms in total. The van der Waals surface area contributed by atoms with E-state index in [-0.39, 0.29) is 6.42 Å². The van der Waals surface area contributed by atoms with Crippen LogP contribution in [0.2, 0.25) is 0 Å². The van der Waals surface area contributed by atoms with E-state index < -0.39 is 5.97 Å². The van der Waals surface area contributed by atoms with Crippen molar-refractivity contribution in [3.63, 3.8) is 0 Å². The van der Waals surface area contributed by atoms with Crippen LogP contribution in [0.1, 0.15) is 29.5 Å². The van der Waals surface area contributed by atoms with Crippen LogP contribution in [-0.2, 0) is 29.2 Å². The number of hydrogen-bond donors (Lipinski definition) is 1. The summed E-state index contributed by atoms with van der Waals surface area (Å²) in [4.78, 5) is 10.5. The maximum absolute atomic E-state index is 10.5. The zero-order valence-electron chi connectivity index (χ0n) is 9.86. The molecule has 0 aromatic heterocycles. The van der Waals surface area contributed by atoms with Gasteiger partial charge in [-0.15, -0.1) is 0 Å². The standard InChI is InChI=1S/C13H16O4/c1-16-12-6-5-9-7-17-8-11(9)10(12)3-2-4-13(14)15/h5-6H,2-4,7-8H2,1H3,(H,14,15). The first kappa shape index (κ1) is 11.9. The molecule has 0 radical (unpaired) electrons. The first-order valence-corrected chi connectivity index (χ1v) is 5.69. The van der Waals surface area contributed by atoms with E-state index in [1.54, 1.807) is 7.11 Å². The van der Waals surface area contributed by atoms with Crippen molar-refractivity contribution in [1.82, 2.24) is 0 Å². The third-order valence-electron chi connectivity index (χ3n) is 3.03. The highest BCUT2D eigenvalue weighted by atomic mass is 16.5. The number of ether oxygens (including phenoxy) is 2. The van der Waals surface area contributed by atoms with Gasteiger partial charge in [-0.3, -0.25) is 4.79 Å². The summed E-state index contributed by atoms with van der Waals surface area (Å²) in [6.07, 6.45) is 1.54. The second-order valence-electron chi connectivity index (χ2n) is 4.12. The van der Waals surface area contributed by atoms with Gasteiger partial charge in [-0.25, -0.2) is 0 Å². The molecule has 0 aliphatic carbocycles. The van der Waals surface area contributed by atoms with E-state index in [2.05, 4.69) is 0 Å². The van der Waals surface area contributed by atoms with Crippen LogP contribution in [0, 0.1) is 0 Å². The van der Waals surface area contributed by atoms with Crippen LogP contribution in [0.4, 0.5) is 0 Å². The molecule has 0 saturated heterocycles. The van der Waals surface area contributed by atoms with Crippen molar-refractivity contribution in [2.45, 2.75) is 32.5 Å². The third kappa shape index (κ3) is 2.58. The molecule has 1 aromatic carbocycles. The van der Waals surface area contributed by atoms with Gasteiger partial charge in [0.25, 0.3) is 0 Å². The van der Waals surface area contributed by atoms with Crippen molar-refractivity contribution in [3.05, 3.63) is 28.8 Å². The topological polar surface area (TPSA) is 55.8 Å². The molecule has 1 N–H and O–H groups in total. The number of carboxylic acids is 1. The molecular weight excluding hydrogens is 220 g/mol. The van der Waals surface area contributed by atoms with Crippen LogP contribution in [-0.4, -0.2) is 18.2 Å². The molecular formula is C13H16O4. The van der Waals surface area contributed by atoms with Gasteiger partial charge in [0.15, 0.2) is 0 Å². The Morgan fingerprint density at radius 3 is 3.00 bits per heavy atom.